The molecule has 6 nitrogen and oxygen atoms in total. The quantitative estimate of drug-likeness (QED) is 0.666. The number of morpholine rings is 1. The lowest BCUT2D eigenvalue weighted by Gasteiger charge is -2.23. The third-order valence-corrected chi connectivity index (χ3v) is 4.26. The Hall–Kier alpha value is -2.99. The lowest BCUT2D eigenvalue weighted by atomic mass is 10.1. The molecule has 0 bridgehead atoms. The smallest absolute Gasteiger partial charge is 0.103 e. The molecular weight excluding hydrogens is 326 g/mol. The first-order valence-electron chi connectivity index (χ1n) is 8.77. The van der Waals surface area contributed by atoms with E-state index >= 15 is 0 Å². The Labute approximate surface area is 152 Å². The van der Waals surface area contributed by atoms with E-state index in [-0.39, 0.29) is 0 Å². The molecule has 3 heterocycles. The van der Waals surface area contributed by atoms with Gasteiger partial charge in [0, 0.05) is 29.7 Å². The van der Waals surface area contributed by atoms with Crippen LogP contribution in [-0.4, -0.2) is 52.3 Å². The third kappa shape index (κ3) is 3.97. The Morgan fingerprint density at radius 1 is 1.08 bits per heavy atom. The average molecular weight is 347 g/mol. The molecule has 0 saturated carbocycles. The molecule has 1 aromatic carbocycles. The molecule has 4 rings (SSSR count). The maximum absolute atomic E-state index is 5.38. The normalized spacial score (nSPS) is 14.8. The van der Waals surface area contributed by atoms with Crippen LogP contribution in [-0.2, 0) is 11.3 Å². The van der Waals surface area contributed by atoms with Crippen molar-refractivity contribution < 1.29 is 4.74 Å². The number of hydrogen-bond donors (Lipinski definition) is 0. The van der Waals surface area contributed by atoms with E-state index in [4.69, 9.17) is 9.84 Å². The number of aromatic nitrogens is 3. The summed E-state index contributed by atoms with van der Waals surface area (Å²) in [6.45, 7) is 3.80. The number of pyridine rings is 1. The molecular formula is C20H21N5O. The van der Waals surface area contributed by atoms with E-state index in [1.54, 1.807) is 6.20 Å². The molecule has 0 aliphatic carbocycles. The van der Waals surface area contributed by atoms with E-state index in [2.05, 4.69) is 22.2 Å². The predicted molar refractivity (Wildman–Crippen MR) is 101 cm³/mol. The van der Waals surface area contributed by atoms with Crippen LogP contribution in [0, 0.1) is 0 Å². The van der Waals surface area contributed by atoms with Gasteiger partial charge in [-0.05, 0) is 17.7 Å². The molecule has 3 aromatic rings. The fourth-order valence-electron chi connectivity index (χ4n) is 2.92. The van der Waals surface area contributed by atoms with Crippen molar-refractivity contribution in [3.05, 3.63) is 72.2 Å². The number of hydrogen-bond acceptors (Lipinski definition) is 5. The van der Waals surface area contributed by atoms with Crippen LogP contribution in [0.1, 0.15) is 11.1 Å². The van der Waals surface area contributed by atoms with Crippen molar-refractivity contribution in [2.45, 2.75) is 6.54 Å². The number of hydrazone groups is 1. The molecule has 0 spiro atoms. The zero-order chi connectivity index (χ0) is 17.6. The van der Waals surface area contributed by atoms with Gasteiger partial charge in [0.2, 0.25) is 0 Å². The van der Waals surface area contributed by atoms with E-state index in [9.17, 15) is 0 Å². The van der Waals surface area contributed by atoms with Crippen LogP contribution in [0.2, 0.25) is 0 Å². The molecule has 1 aliphatic rings. The Morgan fingerprint density at radius 2 is 1.92 bits per heavy atom. The molecule has 0 unspecified atom stereocenters. The number of ether oxygens (including phenoxy) is 1. The Morgan fingerprint density at radius 3 is 2.69 bits per heavy atom. The molecule has 0 atom stereocenters. The zero-order valence-electron chi connectivity index (χ0n) is 14.5. The Bertz CT molecular complexity index is 854. The maximum Gasteiger partial charge on any atom is 0.103 e. The molecule has 2 aromatic heterocycles. The monoisotopic (exact) mass is 347 g/mol. The summed E-state index contributed by atoms with van der Waals surface area (Å²) >= 11 is 0. The second kappa shape index (κ2) is 7.93. The highest BCUT2D eigenvalue weighted by Crippen LogP contribution is 2.20. The lowest BCUT2D eigenvalue weighted by molar-refractivity contribution is 0.0397. The first kappa shape index (κ1) is 16.5. The van der Waals surface area contributed by atoms with Gasteiger partial charge in [0.25, 0.3) is 0 Å². The van der Waals surface area contributed by atoms with Crippen LogP contribution in [0.15, 0.2) is 66.2 Å². The van der Waals surface area contributed by atoms with E-state index in [0.29, 0.717) is 0 Å². The van der Waals surface area contributed by atoms with Crippen LogP contribution in [0.25, 0.3) is 11.3 Å². The molecule has 6 heteroatoms. The largest absolute Gasteiger partial charge is 0.378 e. The summed E-state index contributed by atoms with van der Waals surface area (Å²) in [7, 11) is 0. The van der Waals surface area contributed by atoms with Gasteiger partial charge in [-0.1, -0.05) is 30.3 Å². The van der Waals surface area contributed by atoms with E-state index < -0.39 is 0 Å². The minimum absolute atomic E-state index is 0.722. The highest BCUT2D eigenvalue weighted by molar-refractivity contribution is 5.88. The van der Waals surface area contributed by atoms with Crippen LogP contribution in [0.5, 0.6) is 0 Å². The first-order valence-corrected chi connectivity index (χ1v) is 8.77. The van der Waals surface area contributed by atoms with Gasteiger partial charge in [-0.25, -0.2) is 0 Å². The van der Waals surface area contributed by atoms with E-state index in [0.717, 1.165) is 49.7 Å². The van der Waals surface area contributed by atoms with Crippen LogP contribution < -0.4 is 0 Å². The second-order valence-electron chi connectivity index (χ2n) is 6.17. The Kier molecular flexibility index (Phi) is 5.02. The third-order valence-electron chi connectivity index (χ3n) is 4.26. The SMILES string of the molecule is C(=N\N1CCOCC1)/c1cn(Cc2ccccc2)nc1-c1cccnc1. The summed E-state index contributed by atoms with van der Waals surface area (Å²) < 4.78 is 7.33. The van der Waals surface area contributed by atoms with Crippen LogP contribution in [0.4, 0.5) is 0 Å². The molecule has 26 heavy (non-hydrogen) atoms. The van der Waals surface area contributed by atoms with Gasteiger partial charge in [-0.15, -0.1) is 0 Å². The van der Waals surface area contributed by atoms with Crippen molar-refractivity contribution >= 4 is 6.21 Å². The molecule has 1 fully saturated rings. The molecule has 1 saturated heterocycles. The summed E-state index contributed by atoms with van der Waals surface area (Å²) in [6, 6.07) is 14.3. The average Bonchev–Trinajstić information content (AvgIpc) is 3.11. The fraction of sp³-hybridized carbons (Fsp3) is 0.250. The van der Waals surface area contributed by atoms with Crippen molar-refractivity contribution in [3.8, 4) is 11.3 Å². The van der Waals surface area contributed by atoms with E-state index in [1.807, 2.05) is 58.6 Å². The van der Waals surface area contributed by atoms with Gasteiger partial charge in [-0.2, -0.15) is 10.2 Å². The minimum Gasteiger partial charge on any atom is -0.378 e. The summed E-state index contributed by atoms with van der Waals surface area (Å²) in [5.41, 5.74) is 4.08. The zero-order valence-corrected chi connectivity index (χ0v) is 14.5. The molecule has 0 radical (unpaired) electrons. The van der Waals surface area contributed by atoms with Crippen molar-refractivity contribution in [3.63, 3.8) is 0 Å². The van der Waals surface area contributed by atoms with Gasteiger partial charge < -0.3 is 4.74 Å². The van der Waals surface area contributed by atoms with Gasteiger partial charge in [0.05, 0.1) is 39.1 Å². The van der Waals surface area contributed by atoms with E-state index in [1.165, 1.54) is 5.56 Å². The van der Waals surface area contributed by atoms with Crippen molar-refractivity contribution in [2.24, 2.45) is 5.10 Å². The lowest BCUT2D eigenvalue weighted by Crippen LogP contribution is -2.32. The highest BCUT2D eigenvalue weighted by Gasteiger charge is 2.12. The Balaban J connectivity index is 1.63. The van der Waals surface area contributed by atoms with Crippen molar-refractivity contribution in [1.82, 2.24) is 19.8 Å². The van der Waals surface area contributed by atoms with Gasteiger partial charge >= 0.3 is 0 Å². The van der Waals surface area contributed by atoms with Gasteiger partial charge in [0.1, 0.15) is 5.69 Å². The van der Waals surface area contributed by atoms with Crippen LogP contribution in [0.3, 0.4) is 0 Å². The second-order valence-corrected chi connectivity index (χ2v) is 6.17. The molecule has 0 N–H and O–H groups in total. The standard InChI is InChI=1S/C20H21N5O/c1-2-5-17(6-3-1)15-25-16-19(14-22-24-9-11-26-12-10-24)20(23-25)18-7-4-8-21-13-18/h1-8,13-14,16H,9-12,15H2/b22-14+. The molecule has 0 amide bonds. The van der Waals surface area contributed by atoms with Gasteiger partial charge in [-0.3, -0.25) is 14.7 Å². The molecule has 1 aliphatic heterocycles. The summed E-state index contributed by atoms with van der Waals surface area (Å²) in [5, 5.41) is 11.4. The summed E-state index contributed by atoms with van der Waals surface area (Å²) in [5.74, 6) is 0. The maximum atomic E-state index is 5.38. The van der Waals surface area contributed by atoms with Crippen molar-refractivity contribution in [2.75, 3.05) is 26.3 Å². The first-order chi connectivity index (χ1) is 12.9. The molecule has 132 valence electrons. The minimum atomic E-state index is 0.722. The highest BCUT2D eigenvalue weighted by atomic mass is 16.5. The number of benzene rings is 1. The van der Waals surface area contributed by atoms with Crippen LogP contribution >= 0.6 is 0 Å². The van der Waals surface area contributed by atoms with Crippen molar-refractivity contribution in [1.29, 1.82) is 0 Å². The number of rotatable bonds is 5. The fourth-order valence-corrected chi connectivity index (χ4v) is 2.92. The van der Waals surface area contributed by atoms with Gasteiger partial charge in [0.15, 0.2) is 0 Å². The predicted octanol–water partition coefficient (Wildman–Crippen LogP) is 2.66. The topological polar surface area (TPSA) is 55.5 Å². The summed E-state index contributed by atoms with van der Waals surface area (Å²) in [4.78, 5) is 4.22. The number of nitrogens with zero attached hydrogens (tertiary/aromatic N) is 5. The summed E-state index contributed by atoms with van der Waals surface area (Å²) in [6.07, 6.45) is 7.54.